The predicted molar refractivity (Wildman–Crippen MR) is 107 cm³/mol. The molecule has 1 aliphatic heterocycles. The quantitative estimate of drug-likeness (QED) is 0.698. The Morgan fingerprint density at radius 3 is 2.50 bits per heavy atom. The Balaban J connectivity index is 1.77. The number of carbonyl (C=O) groups is 1. The molecule has 10 heteroatoms. The van der Waals surface area contributed by atoms with Gasteiger partial charge < -0.3 is 4.90 Å². The average Bonchev–Trinajstić information content (AvgIpc) is 3.06. The molecule has 2 aromatic rings. The zero-order valence-electron chi connectivity index (χ0n) is 15.2. The summed E-state index contributed by atoms with van der Waals surface area (Å²) in [5.41, 5.74) is -0.623. The van der Waals surface area contributed by atoms with Crippen molar-refractivity contribution in [3.63, 3.8) is 0 Å². The van der Waals surface area contributed by atoms with Crippen molar-refractivity contribution < 1.29 is 18.0 Å². The van der Waals surface area contributed by atoms with Gasteiger partial charge in [0.25, 0.3) is 5.91 Å². The lowest BCUT2D eigenvalue weighted by atomic mass is 10.0. The molecular weight excluding hydrogens is 457 g/mol. The molecule has 0 radical (unpaired) electrons. The van der Waals surface area contributed by atoms with E-state index < -0.39 is 17.6 Å². The van der Waals surface area contributed by atoms with Crippen LogP contribution in [0.15, 0.2) is 28.2 Å². The van der Waals surface area contributed by atoms with Crippen molar-refractivity contribution >= 4 is 38.3 Å². The number of carbonyl (C=O) groups excluding carboxylic acids is 1. The van der Waals surface area contributed by atoms with Crippen LogP contribution in [0.4, 0.5) is 18.3 Å². The normalized spacial score (nSPS) is 16.3. The number of likely N-dealkylation sites (N-methyl/N-ethyl adjacent to an activating group) is 1. The number of hydrogen-bond donors (Lipinski definition) is 1. The van der Waals surface area contributed by atoms with Crippen molar-refractivity contribution in [2.45, 2.75) is 19.6 Å². The number of amides is 1. The number of thiazole rings is 1. The van der Waals surface area contributed by atoms with Crippen LogP contribution in [0.2, 0.25) is 0 Å². The molecular formula is C18H20BrF3N4OS. The van der Waals surface area contributed by atoms with Crippen molar-refractivity contribution in [2.24, 2.45) is 0 Å². The van der Waals surface area contributed by atoms with Gasteiger partial charge in [-0.25, -0.2) is 4.98 Å². The molecule has 152 valence electrons. The van der Waals surface area contributed by atoms with Crippen LogP contribution >= 0.6 is 27.3 Å². The molecule has 0 atom stereocenters. The number of nitrogens with zero attached hydrogens (tertiary/aromatic N) is 3. The van der Waals surface area contributed by atoms with E-state index in [1.807, 2.05) is 4.90 Å². The zero-order chi connectivity index (χ0) is 20.3. The van der Waals surface area contributed by atoms with E-state index in [1.165, 1.54) is 29.7 Å². The van der Waals surface area contributed by atoms with Gasteiger partial charge in [-0.05, 0) is 40.2 Å². The van der Waals surface area contributed by atoms with E-state index in [-0.39, 0.29) is 17.7 Å². The summed E-state index contributed by atoms with van der Waals surface area (Å²) in [6, 6.07) is 3.77. The Bertz CT molecular complexity index is 834. The van der Waals surface area contributed by atoms with Crippen LogP contribution in [0.5, 0.6) is 0 Å². The molecule has 0 aliphatic carbocycles. The monoisotopic (exact) mass is 476 g/mol. The highest BCUT2D eigenvalue weighted by molar-refractivity contribution is 9.11. The van der Waals surface area contributed by atoms with E-state index in [0.29, 0.717) is 5.13 Å². The molecule has 1 fully saturated rings. The lowest BCUT2D eigenvalue weighted by Gasteiger charge is -2.34. The third kappa shape index (κ3) is 5.31. The summed E-state index contributed by atoms with van der Waals surface area (Å²) in [6.45, 7) is 6.39. The molecule has 1 aromatic heterocycles. The Hall–Kier alpha value is -1.49. The first-order chi connectivity index (χ1) is 13.3. The summed E-state index contributed by atoms with van der Waals surface area (Å²) < 4.78 is 41.6. The zero-order valence-corrected chi connectivity index (χ0v) is 17.6. The molecule has 1 N–H and O–H groups in total. The van der Waals surface area contributed by atoms with Crippen LogP contribution in [-0.2, 0) is 12.7 Å². The lowest BCUT2D eigenvalue weighted by molar-refractivity contribution is -0.138. The summed E-state index contributed by atoms with van der Waals surface area (Å²) >= 11 is 4.42. The molecule has 5 nitrogen and oxygen atoms in total. The number of anilines is 1. The van der Waals surface area contributed by atoms with Crippen LogP contribution in [-0.4, -0.2) is 53.4 Å². The van der Waals surface area contributed by atoms with Gasteiger partial charge in [-0.1, -0.05) is 24.3 Å². The van der Waals surface area contributed by atoms with Crippen LogP contribution in [0.1, 0.15) is 28.4 Å². The van der Waals surface area contributed by atoms with Gasteiger partial charge in [0, 0.05) is 38.3 Å². The van der Waals surface area contributed by atoms with E-state index in [4.69, 9.17) is 0 Å². The molecule has 1 aliphatic rings. The van der Waals surface area contributed by atoms with E-state index in [9.17, 15) is 18.0 Å². The maximum Gasteiger partial charge on any atom is 0.416 e. The van der Waals surface area contributed by atoms with Crippen LogP contribution in [0.3, 0.4) is 0 Å². The molecule has 0 bridgehead atoms. The Morgan fingerprint density at radius 1 is 1.25 bits per heavy atom. The maximum atomic E-state index is 13.6. The van der Waals surface area contributed by atoms with Gasteiger partial charge in [-0.3, -0.25) is 15.0 Å². The van der Waals surface area contributed by atoms with Gasteiger partial charge in [0.05, 0.1) is 15.5 Å². The fourth-order valence-electron chi connectivity index (χ4n) is 3.11. The molecule has 0 spiro atoms. The SMILES string of the molecule is CCN1CCN(Cc2ccc(C(=O)Nc3ncc(Br)s3)cc2C(F)(F)F)CC1. The third-order valence-corrected chi connectivity index (χ3v) is 6.07. The van der Waals surface area contributed by atoms with Gasteiger partial charge >= 0.3 is 6.18 Å². The number of benzene rings is 1. The molecule has 0 unspecified atom stereocenters. The second kappa shape index (κ2) is 8.89. The predicted octanol–water partition coefficient (Wildman–Crippen LogP) is 4.31. The molecule has 3 rings (SSSR count). The van der Waals surface area contributed by atoms with E-state index in [1.54, 1.807) is 0 Å². The Labute approximate surface area is 173 Å². The van der Waals surface area contributed by atoms with Gasteiger partial charge in [0.1, 0.15) is 0 Å². The smallest absolute Gasteiger partial charge is 0.301 e. The van der Waals surface area contributed by atoms with Crippen molar-refractivity contribution in [3.05, 3.63) is 44.9 Å². The number of hydrogen-bond acceptors (Lipinski definition) is 5. The topological polar surface area (TPSA) is 48.5 Å². The largest absolute Gasteiger partial charge is 0.416 e. The first-order valence-corrected chi connectivity index (χ1v) is 10.4. The van der Waals surface area contributed by atoms with Crippen molar-refractivity contribution in [1.29, 1.82) is 0 Å². The second-order valence-electron chi connectivity index (χ2n) is 6.50. The van der Waals surface area contributed by atoms with Crippen molar-refractivity contribution in [3.8, 4) is 0 Å². The fraction of sp³-hybridized carbons (Fsp3) is 0.444. The summed E-state index contributed by atoms with van der Waals surface area (Å²) in [7, 11) is 0. The molecule has 1 amide bonds. The lowest BCUT2D eigenvalue weighted by Crippen LogP contribution is -2.45. The standard InChI is InChI=1S/C18H20BrF3N4OS/c1-2-25-5-7-26(8-6-25)11-13-4-3-12(9-14(13)18(20,21)22)16(27)24-17-23-10-15(19)28-17/h3-4,9-10H,2,5-8,11H2,1H3,(H,23,24,27). The minimum Gasteiger partial charge on any atom is -0.301 e. The molecule has 28 heavy (non-hydrogen) atoms. The second-order valence-corrected chi connectivity index (χ2v) is 8.91. The van der Waals surface area contributed by atoms with Gasteiger partial charge in [-0.2, -0.15) is 13.2 Å². The number of rotatable bonds is 5. The highest BCUT2D eigenvalue weighted by Gasteiger charge is 2.34. The summed E-state index contributed by atoms with van der Waals surface area (Å²) in [6.07, 6.45) is -3.01. The maximum absolute atomic E-state index is 13.6. The molecule has 1 saturated heterocycles. The van der Waals surface area contributed by atoms with Gasteiger partial charge in [0.2, 0.25) is 0 Å². The number of halogens is 4. The van der Waals surface area contributed by atoms with Crippen LogP contribution in [0.25, 0.3) is 0 Å². The summed E-state index contributed by atoms with van der Waals surface area (Å²) in [5.74, 6) is -0.615. The summed E-state index contributed by atoms with van der Waals surface area (Å²) in [4.78, 5) is 20.6. The van der Waals surface area contributed by atoms with E-state index in [0.717, 1.165) is 42.6 Å². The number of nitrogens with one attached hydrogen (secondary N) is 1. The minimum atomic E-state index is -4.53. The number of piperazine rings is 1. The van der Waals surface area contributed by atoms with Crippen LogP contribution in [0, 0.1) is 0 Å². The van der Waals surface area contributed by atoms with Gasteiger partial charge in [-0.15, -0.1) is 0 Å². The number of aromatic nitrogens is 1. The van der Waals surface area contributed by atoms with Crippen molar-refractivity contribution in [1.82, 2.24) is 14.8 Å². The minimum absolute atomic E-state index is 0.0433. The number of alkyl halides is 3. The Kier molecular flexibility index (Phi) is 6.74. The average molecular weight is 477 g/mol. The highest BCUT2D eigenvalue weighted by Crippen LogP contribution is 2.34. The van der Waals surface area contributed by atoms with Crippen molar-refractivity contribution in [2.75, 3.05) is 38.0 Å². The fourth-order valence-corrected chi connectivity index (χ4v) is 4.21. The highest BCUT2D eigenvalue weighted by atomic mass is 79.9. The first kappa shape index (κ1) is 21.2. The van der Waals surface area contributed by atoms with Gasteiger partial charge in [0.15, 0.2) is 5.13 Å². The first-order valence-electron chi connectivity index (χ1n) is 8.83. The molecule has 2 heterocycles. The Morgan fingerprint density at radius 2 is 1.93 bits per heavy atom. The van der Waals surface area contributed by atoms with E-state index >= 15 is 0 Å². The third-order valence-electron chi connectivity index (χ3n) is 4.68. The summed E-state index contributed by atoms with van der Waals surface area (Å²) in [5, 5.41) is 2.85. The van der Waals surface area contributed by atoms with E-state index in [2.05, 4.69) is 38.1 Å². The van der Waals surface area contributed by atoms with Crippen LogP contribution < -0.4 is 5.32 Å². The molecule has 1 aromatic carbocycles. The molecule has 0 saturated carbocycles.